The zero-order valence-corrected chi connectivity index (χ0v) is 8.60. The van der Waals surface area contributed by atoms with Crippen LogP contribution in [0.1, 0.15) is 17.4 Å². The van der Waals surface area contributed by atoms with E-state index in [1.165, 1.54) is 6.07 Å². The van der Waals surface area contributed by atoms with E-state index in [4.69, 9.17) is 16.3 Å². The summed E-state index contributed by atoms with van der Waals surface area (Å²) < 4.78 is 4.90. The Morgan fingerprint density at radius 2 is 2.57 bits per heavy atom. The number of nitrogens with one attached hydrogen (secondary N) is 2. The quantitative estimate of drug-likeness (QED) is 0.566. The molecule has 0 atom stereocenters. The molecule has 0 aromatic carbocycles. The van der Waals surface area contributed by atoms with Gasteiger partial charge in [0.15, 0.2) is 5.69 Å². The van der Waals surface area contributed by atoms with Gasteiger partial charge in [-0.3, -0.25) is 5.10 Å². The maximum Gasteiger partial charge on any atom is 0.358 e. The summed E-state index contributed by atoms with van der Waals surface area (Å²) in [6, 6.07) is 1.43. The summed E-state index contributed by atoms with van der Waals surface area (Å²) in [7, 11) is 0. The van der Waals surface area contributed by atoms with Crippen LogP contribution in [-0.4, -0.2) is 35.9 Å². The third-order valence-corrected chi connectivity index (χ3v) is 1.71. The molecule has 0 fully saturated rings. The number of ether oxygens (including phenoxy) is 1. The highest BCUT2D eigenvalue weighted by Gasteiger charge is 2.10. The van der Waals surface area contributed by atoms with Gasteiger partial charge in [0.25, 0.3) is 0 Å². The van der Waals surface area contributed by atoms with Crippen molar-refractivity contribution >= 4 is 17.6 Å². The molecule has 0 saturated carbocycles. The highest BCUT2D eigenvalue weighted by molar-refractivity contribution is 6.29. The van der Waals surface area contributed by atoms with Crippen LogP contribution in [0.3, 0.4) is 0 Å². The van der Waals surface area contributed by atoms with E-state index in [0.717, 1.165) is 6.54 Å². The summed E-state index contributed by atoms with van der Waals surface area (Å²) >= 11 is 5.55. The zero-order valence-electron chi connectivity index (χ0n) is 7.84. The number of aromatic nitrogens is 2. The third kappa shape index (κ3) is 3.35. The fourth-order valence-electron chi connectivity index (χ4n) is 0.869. The van der Waals surface area contributed by atoms with Gasteiger partial charge in [-0.2, -0.15) is 5.10 Å². The molecule has 0 spiro atoms. The minimum Gasteiger partial charge on any atom is -0.460 e. The van der Waals surface area contributed by atoms with Gasteiger partial charge in [0.05, 0.1) is 0 Å². The Hall–Kier alpha value is -1.07. The molecule has 1 heterocycles. The molecule has 0 amide bonds. The van der Waals surface area contributed by atoms with Crippen molar-refractivity contribution in [1.82, 2.24) is 15.5 Å². The number of aromatic amines is 1. The second-order valence-corrected chi connectivity index (χ2v) is 3.00. The van der Waals surface area contributed by atoms with Crippen LogP contribution in [0.15, 0.2) is 6.07 Å². The molecule has 0 radical (unpaired) electrons. The molecule has 78 valence electrons. The topological polar surface area (TPSA) is 67.0 Å². The molecule has 1 aromatic heterocycles. The van der Waals surface area contributed by atoms with E-state index in [2.05, 4.69) is 15.5 Å². The number of nitrogens with zero attached hydrogens (tertiary/aromatic N) is 1. The zero-order chi connectivity index (χ0) is 10.4. The third-order valence-electron chi connectivity index (χ3n) is 1.52. The van der Waals surface area contributed by atoms with Crippen molar-refractivity contribution in [3.8, 4) is 0 Å². The van der Waals surface area contributed by atoms with Gasteiger partial charge in [0.2, 0.25) is 0 Å². The molecule has 1 rings (SSSR count). The van der Waals surface area contributed by atoms with Crippen molar-refractivity contribution in [3.63, 3.8) is 0 Å². The summed E-state index contributed by atoms with van der Waals surface area (Å²) in [5.74, 6) is -0.467. The second-order valence-electron chi connectivity index (χ2n) is 2.59. The predicted molar refractivity (Wildman–Crippen MR) is 52.4 cm³/mol. The van der Waals surface area contributed by atoms with Gasteiger partial charge in [0.1, 0.15) is 11.8 Å². The first-order chi connectivity index (χ1) is 6.74. The lowest BCUT2D eigenvalue weighted by atomic mass is 10.4. The molecule has 5 nitrogen and oxygen atoms in total. The van der Waals surface area contributed by atoms with E-state index in [1.807, 2.05) is 6.92 Å². The number of likely N-dealkylation sites (N-methyl/N-ethyl adjacent to an activating group) is 1. The minimum absolute atomic E-state index is 0.200. The maximum absolute atomic E-state index is 11.2. The first-order valence-corrected chi connectivity index (χ1v) is 4.70. The number of carbonyl (C=O) groups excluding carboxylic acids is 1. The van der Waals surface area contributed by atoms with Gasteiger partial charge < -0.3 is 10.1 Å². The summed E-state index contributed by atoms with van der Waals surface area (Å²) in [5.41, 5.74) is 0.200. The molecule has 0 unspecified atom stereocenters. The van der Waals surface area contributed by atoms with Crippen LogP contribution in [-0.2, 0) is 4.74 Å². The second kappa shape index (κ2) is 5.62. The SMILES string of the molecule is CCNCCOC(=O)c1cc(Cl)[nH]n1. The lowest BCUT2D eigenvalue weighted by Gasteiger charge is -2.02. The molecule has 0 aliphatic rings. The van der Waals surface area contributed by atoms with Crippen molar-refractivity contribution in [3.05, 3.63) is 16.9 Å². The minimum atomic E-state index is -0.467. The molecule has 6 heteroatoms. The number of halogens is 1. The normalized spacial score (nSPS) is 10.1. The molecule has 1 aromatic rings. The van der Waals surface area contributed by atoms with E-state index >= 15 is 0 Å². The monoisotopic (exact) mass is 217 g/mol. The fourth-order valence-corrected chi connectivity index (χ4v) is 1.02. The number of carbonyl (C=O) groups is 1. The Morgan fingerprint density at radius 1 is 1.79 bits per heavy atom. The van der Waals surface area contributed by atoms with Gasteiger partial charge >= 0.3 is 5.97 Å². The first-order valence-electron chi connectivity index (χ1n) is 4.32. The van der Waals surface area contributed by atoms with Gasteiger partial charge in [-0.15, -0.1) is 0 Å². The van der Waals surface area contributed by atoms with E-state index in [9.17, 15) is 4.79 Å². The van der Waals surface area contributed by atoms with Crippen LogP contribution in [0.2, 0.25) is 5.15 Å². The largest absolute Gasteiger partial charge is 0.460 e. The Bertz CT molecular complexity index is 301. The van der Waals surface area contributed by atoms with Crippen molar-refractivity contribution in [2.75, 3.05) is 19.7 Å². The number of rotatable bonds is 5. The smallest absolute Gasteiger partial charge is 0.358 e. The molecule has 14 heavy (non-hydrogen) atoms. The summed E-state index contributed by atoms with van der Waals surface area (Å²) in [5, 5.41) is 9.46. The molecule has 0 saturated heterocycles. The van der Waals surface area contributed by atoms with E-state index in [0.29, 0.717) is 18.3 Å². The number of H-pyrrole nitrogens is 1. The van der Waals surface area contributed by atoms with Crippen molar-refractivity contribution in [2.45, 2.75) is 6.92 Å². The Morgan fingerprint density at radius 3 is 3.14 bits per heavy atom. The molecule has 0 aliphatic heterocycles. The van der Waals surface area contributed by atoms with Crippen LogP contribution in [0, 0.1) is 0 Å². The molecule has 0 bridgehead atoms. The highest BCUT2D eigenvalue weighted by Crippen LogP contribution is 2.06. The lowest BCUT2D eigenvalue weighted by molar-refractivity contribution is 0.0502. The van der Waals surface area contributed by atoms with Crippen LogP contribution < -0.4 is 5.32 Å². The average molecular weight is 218 g/mol. The van der Waals surface area contributed by atoms with Crippen LogP contribution in [0.4, 0.5) is 0 Å². The first kappa shape index (κ1) is 11.0. The van der Waals surface area contributed by atoms with Gasteiger partial charge in [0, 0.05) is 12.6 Å². The Balaban J connectivity index is 2.29. The van der Waals surface area contributed by atoms with Crippen molar-refractivity contribution in [1.29, 1.82) is 0 Å². The standard InChI is InChI=1S/C8H12ClN3O2/c1-2-10-3-4-14-8(13)6-5-7(9)12-11-6/h5,10H,2-4H2,1H3,(H,11,12). The lowest BCUT2D eigenvalue weighted by Crippen LogP contribution is -2.21. The summed E-state index contributed by atoms with van der Waals surface area (Å²) in [6.45, 7) is 3.80. The maximum atomic E-state index is 11.2. The fraction of sp³-hybridized carbons (Fsp3) is 0.500. The Labute approximate surface area is 86.8 Å². The summed E-state index contributed by atoms with van der Waals surface area (Å²) in [6.07, 6.45) is 0. The number of hydrogen-bond acceptors (Lipinski definition) is 4. The molecule has 2 N–H and O–H groups in total. The summed E-state index contributed by atoms with van der Waals surface area (Å²) in [4.78, 5) is 11.2. The Kier molecular flexibility index (Phi) is 4.42. The van der Waals surface area contributed by atoms with Gasteiger partial charge in [-0.1, -0.05) is 18.5 Å². The van der Waals surface area contributed by atoms with Gasteiger partial charge in [-0.25, -0.2) is 4.79 Å². The van der Waals surface area contributed by atoms with Crippen molar-refractivity contribution < 1.29 is 9.53 Å². The van der Waals surface area contributed by atoms with Crippen LogP contribution >= 0.6 is 11.6 Å². The van der Waals surface area contributed by atoms with Crippen LogP contribution in [0.25, 0.3) is 0 Å². The molecular formula is C8H12ClN3O2. The average Bonchev–Trinajstić information content (AvgIpc) is 2.59. The number of esters is 1. The molecule has 0 aliphatic carbocycles. The van der Waals surface area contributed by atoms with Crippen LogP contribution in [0.5, 0.6) is 0 Å². The van der Waals surface area contributed by atoms with Gasteiger partial charge in [-0.05, 0) is 6.54 Å². The number of hydrogen-bond donors (Lipinski definition) is 2. The van der Waals surface area contributed by atoms with E-state index < -0.39 is 5.97 Å². The predicted octanol–water partition coefficient (Wildman–Crippen LogP) is 0.829. The molecular weight excluding hydrogens is 206 g/mol. The highest BCUT2D eigenvalue weighted by atomic mass is 35.5. The van der Waals surface area contributed by atoms with E-state index in [-0.39, 0.29) is 5.69 Å². The van der Waals surface area contributed by atoms with Crippen molar-refractivity contribution in [2.24, 2.45) is 0 Å². The van der Waals surface area contributed by atoms with E-state index in [1.54, 1.807) is 0 Å².